The van der Waals surface area contributed by atoms with E-state index < -0.39 is 0 Å². The van der Waals surface area contributed by atoms with Gasteiger partial charge in [-0.1, -0.05) is 12.1 Å². The van der Waals surface area contributed by atoms with Crippen molar-refractivity contribution in [3.8, 4) is 0 Å². The van der Waals surface area contributed by atoms with Crippen LogP contribution in [0.15, 0.2) is 30.5 Å². The maximum atomic E-state index is 12.7. The molecule has 2 aromatic rings. The smallest absolute Gasteiger partial charge is 0.248 e. The number of aromatic nitrogens is 2. The second-order valence-corrected chi connectivity index (χ2v) is 6.63. The third-order valence-corrected chi connectivity index (χ3v) is 4.74. The predicted octanol–water partition coefficient (Wildman–Crippen LogP) is 1.47. The Hall–Kier alpha value is -2.54. The van der Waals surface area contributed by atoms with E-state index in [1.165, 1.54) is 7.11 Å². The van der Waals surface area contributed by atoms with E-state index >= 15 is 0 Å². The first-order chi connectivity index (χ1) is 12.6. The van der Waals surface area contributed by atoms with Crippen LogP contribution >= 0.6 is 0 Å². The molecule has 2 amide bonds. The van der Waals surface area contributed by atoms with E-state index in [2.05, 4.69) is 9.97 Å². The molecule has 0 unspecified atom stereocenters. The van der Waals surface area contributed by atoms with Gasteiger partial charge in [0.2, 0.25) is 11.8 Å². The minimum absolute atomic E-state index is 0.0156. The standard InChI is InChI=1S/C19H24N4O3/c1-22(12-15-11-20-16-5-3-4-6-17(16)21-15)19(25)14-7-9-23(10-8-14)18(24)13-26-2/h3-6,11,14H,7-10,12-13H2,1-2H3. The summed E-state index contributed by atoms with van der Waals surface area (Å²) in [6.07, 6.45) is 3.09. The largest absolute Gasteiger partial charge is 0.375 e. The predicted molar refractivity (Wildman–Crippen MR) is 97.2 cm³/mol. The summed E-state index contributed by atoms with van der Waals surface area (Å²) in [5, 5.41) is 0. The molecule has 2 heterocycles. The highest BCUT2D eigenvalue weighted by Crippen LogP contribution is 2.20. The number of nitrogens with zero attached hydrogens (tertiary/aromatic N) is 4. The van der Waals surface area contributed by atoms with Gasteiger partial charge < -0.3 is 14.5 Å². The van der Waals surface area contributed by atoms with Gasteiger partial charge in [-0.05, 0) is 25.0 Å². The summed E-state index contributed by atoms with van der Waals surface area (Å²) in [4.78, 5) is 37.0. The van der Waals surface area contributed by atoms with Gasteiger partial charge in [-0.15, -0.1) is 0 Å². The van der Waals surface area contributed by atoms with Crippen LogP contribution in [-0.2, 0) is 20.9 Å². The number of carbonyl (C=O) groups excluding carboxylic acids is 2. The molecule has 26 heavy (non-hydrogen) atoms. The minimum Gasteiger partial charge on any atom is -0.375 e. The molecule has 0 saturated carbocycles. The molecule has 0 N–H and O–H groups in total. The van der Waals surface area contributed by atoms with Crippen LogP contribution in [-0.4, -0.2) is 65.4 Å². The quantitative estimate of drug-likeness (QED) is 0.811. The Kier molecular flexibility index (Phi) is 5.78. The number of amides is 2. The van der Waals surface area contributed by atoms with Crippen molar-refractivity contribution >= 4 is 22.8 Å². The summed E-state index contributed by atoms with van der Waals surface area (Å²) >= 11 is 0. The van der Waals surface area contributed by atoms with Crippen LogP contribution in [0.25, 0.3) is 11.0 Å². The molecule has 0 spiro atoms. The molecule has 138 valence electrons. The zero-order chi connectivity index (χ0) is 18.5. The van der Waals surface area contributed by atoms with Crippen LogP contribution in [0, 0.1) is 5.92 Å². The molecule has 7 heteroatoms. The van der Waals surface area contributed by atoms with Gasteiger partial charge in [-0.2, -0.15) is 0 Å². The topological polar surface area (TPSA) is 75.6 Å². The third-order valence-electron chi connectivity index (χ3n) is 4.74. The van der Waals surface area contributed by atoms with E-state index in [4.69, 9.17) is 4.74 Å². The third kappa shape index (κ3) is 4.16. The number of methoxy groups -OCH3 is 1. The fourth-order valence-corrected chi connectivity index (χ4v) is 3.29. The van der Waals surface area contributed by atoms with Crippen molar-refractivity contribution in [3.05, 3.63) is 36.2 Å². The van der Waals surface area contributed by atoms with E-state index in [0.29, 0.717) is 32.5 Å². The van der Waals surface area contributed by atoms with Crippen molar-refractivity contribution in [1.82, 2.24) is 19.8 Å². The molecule has 0 atom stereocenters. The number of fused-ring (bicyclic) bond motifs is 1. The summed E-state index contributed by atoms with van der Waals surface area (Å²) in [7, 11) is 3.31. The van der Waals surface area contributed by atoms with E-state index in [9.17, 15) is 9.59 Å². The van der Waals surface area contributed by atoms with Crippen LogP contribution in [0.4, 0.5) is 0 Å². The molecule has 3 rings (SSSR count). The zero-order valence-electron chi connectivity index (χ0n) is 15.2. The molecular weight excluding hydrogens is 332 g/mol. The fourth-order valence-electron chi connectivity index (χ4n) is 3.29. The second kappa shape index (κ2) is 8.23. The number of para-hydroxylation sites is 2. The summed E-state index contributed by atoms with van der Waals surface area (Å²) in [6.45, 7) is 1.73. The maximum Gasteiger partial charge on any atom is 0.248 e. The zero-order valence-corrected chi connectivity index (χ0v) is 15.2. The number of benzene rings is 1. The minimum atomic E-state index is -0.0555. The number of likely N-dealkylation sites (tertiary alicyclic amines) is 1. The number of rotatable bonds is 5. The van der Waals surface area contributed by atoms with Crippen molar-refractivity contribution < 1.29 is 14.3 Å². The summed E-state index contributed by atoms with van der Waals surface area (Å²) in [5.74, 6) is 0.0250. The molecule has 7 nitrogen and oxygen atoms in total. The van der Waals surface area contributed by atoms with Gasteiger partial charge in [-0.25, -0.2) is 4.98 Å². The van der Waals surface area contributed by atoms with Gasteiger partial charge in [-0.3, -0.25) is 14.6 Å². The number of carbonyl (C=O) groups is 2. The first-order valence-corrected chi connectivity index (χ1v) is 8.81. The summed E-state index contributed by atoms with van der Waals surface area (Å²) in [5.41, 5.74) is 2.45. The van der Waals surface area contributed by atoms with E-state index in [1.807, 2.05) is 24.3 Å². The molecule has 0 aliphatic carbocycles. The molecule has 1 aromatic carbocycles. The Morgan fingerprint density at radius 1 is 1.23 bits per heavy atom. The lowest BCUT2D eigenvalue weighted by atomic mass is 9.95. The van der Waals surface area contributed by atoms with E-state index in [-0.39, 0.29) is 24.3 Å². The van der Waals surface area contributed by atoms with Gasteiger partial charge in [0.25, 0.3) is 0 Å². The number of ether oxygens (including phenoxy) is 1. The van der Waals surface area contributed by atoms with Crippen LogP contribution in [0.5, 0.6) is 0 Å². The lowest BCUT2D eigenvalue weighted by Gasteiger charge is -2.33. The first-order valence-electron chi connectivity index (χ1n) is 8.81. The molecular formula is C19H24N4O3. The van der Waals surface area contributed by atoms with Crippen LogP contribution in [0.1, 0.15) is 18.5 Å². The number of hydrogen-bond acceptors (Lipinski definition) is 5. The molecule has 1 aliphatic rings. The Balaban J connectivity index is 1.57. The van der Waals surface area contributed by atoms with Crippen molar-refractivity contribution in [1.29, 1.82) is 0 Å². The molecule has 0 radical (unpaired) electrons. The van der Waals surface area contributed by atoms with Gasteiger partial charge in [0, 0.05) is 33.2 Å². The van der Waals surface area contributed by atoms with Gasteiger partial charge in [0.05, 0.1) is 29.5 Å². The summed E-state index contributed by atoms with van der Waals surface area (Å²) < 4.78 is 4.89. The number of piperidine rings is 1. The maximum absolute atomic E-state index is 12.7. The average molecular weight is 356 g/mol. The molecule has 1 fully saturated rings. The Morgan fingerprint density at radius 3 is 2.62 bits per heavy atom. The first kappa shape index (κ1) is 18.3. The van der Waals surface area contributed by atoms with Crippen molar-refractivity contribution in [2.24, 2.45) is 5.92 Å². The highest BCUT2D eigenvalue weighted by atomic mass is 16.5. The molecule has 1 saturated heterocycles. The normalized spacial score (nSPS) is 15.2. The number of hydrogen-bond donors (Lipinski definition) is 0. The lowest BCUT2D eigenvalue weighted by Crippen LogP contribution is -2.44. The molecule has 1 aliphatic heterocycles. The highest BCUT2D eigenvalue weighted by molar-refractivity contribution is 5.80. The van der Waals surface area contributed by atoms with E-state index in [1.54, 1.807) is 23.0 Å². The Labute approximate surface area is 153 Å². The SMILES string of the molecule is COCC(=O)N1CCC(C(=O)N(C)Cc2cnc3ccccc3n2)CC1. The Bertz CT molecular complexity index is 787. The second-order valence-electron chi connectivity index (χ2n) is 6.63. The summed E-state index contributed by atoms with van der Waals surface area (Å²) in [6, 6.07) is 7.68. The highest BCUT2D eigenvalue weighted by Gasteiger charge is 2.29. The van der Waals surface area contributed by atoms with Crippen molar-refractivity contribution in [2.45, 2.75) is 19.4 Å². The van der Waals surface area contributed by atoms with Crippen LogP contribution in [0.2, 0.25) is 0 Å². The molecule has 0 bridgehead atoms. The monoisotopic (exact) mass is 356 g/mol. The van der Waals surface area contributed by atoms with Gasteiger partial charge >= 0.3 is 0 Å². The van der Waals surface area contributed by atoms with Gasteiger partial charge in [0.15, 0.2) is 0 Å². The van der Waals surface area contributed by atoms with Crippen LogP contribution < -0.4 is 0 Å². The lowest BCUT2D eigenvalue weighted by molar-refractivity contribution is -0.142. The van der Waals surface area contributed by atoms with Gasteiger partial charge in [0.1, 0.15) is 6.61 Å². The van der Waals surface area contributed by atoms with Crippen molar-refractivity contribution in [3.63, 3.8) is 0 Å². The van der Waals surface area contributed by atoms with Crippen LogP contribution in [0.3, 0.4) is 0 Å². The van der Waals surface area contributed by atoms with E-state index in [0.717, 1.165) is 16.7 Å². The fraction of sp³-hybridized carbons (Fsp3) is 0.474. The Morgan fingerprint density at radius 2 is 1.92 bits per heavy atom. The molecule has 1 aromatic heterocycles. The van der Waals surface area contributed by atoms with Crippen molar-refractivity contribution in [2.75, 3.05) is 33.9 Å². The average Bonchev–Trinajstić information content (AvgIpc) is 2.67.